The Bertz CT molecular complexity index is 792. The minimum atomic E-state index is -4.87. The molecule has 0 fully saturated rings. The predicted octanol–water partition coefficient (Wildman–Crippen LogP) is 2.58. The molecule has 1 rings (SSSR count). The molecule has 0 aliphatic heterocycles. The highest BCUT2D eigenvalue weighted by molar-refractivity contribution is 6.00. The topological polar surface area (TPSA) is 130 Å². The lowest BCUT2D eigenvalue weighted by atomic mass is 9.76. The number of anilines is 1. The van der Waals surface area contributed by atoms with E-state index >= 15 is 0 Å². The summed E-state index contributed by atoms with van der Waals surface area (Å²) in [6.45, 7) is 4.96. The average molecular weight is 449 g/mol. The number of alkyl halides is 3. The van der Waals surface area contributed by atoms with Crippen LogP contribution in [0.4, 0.5) is 23.8 Å². The number of esters is 2. The molecule has 0 bridgehead atoms. The van der Waals surface area contributed by atoms with Crippen LogP contribution in [0.15, 0.2) is 18.3 Å². The number of nitrogens with two attached hydrogens (primary N) is 1. The van der Waals surface area contributed by atoms with E-state index < -0.39 is 54.1 Å². The third-order valence-corrected chi connectivity index (χ3v) is 4.10. The van der Waals surface area contributed by atoms with Crippen molar-refractivity contribution in [3.8, 4) is 0 Å². The first kappa shape index (κ1) is 26.1. The maximum Gasteiger partial charge on any atom is 0.413 e. The fourth-order valence-electron chi connectivity index (χ4n) is 2.76. The number of nitrogens with zero attached hydrogens (tertiary/aromatic N) is 1. The van der Waals surface area contributed by atoms with Crippen molar-refractivity contribution in [1.82, 2.24) is 4.98 Å². The van der Waals surface area contributed by atoms with Crippen LogP contribution in [0.1, 0.15) is 32.8 Å². The number of methoxy groups -OCH3 is 2. The zero-order chi connectivity index (χ0) is 24.0. The predicted molar refractivity (Wildman–Crippen MR) is 103 cm³/mol. The van der Waals surface area contributed by atoms with Gasteiger partial charge >= 0.3 is 24.2 Å². The van der Waals surface area contributed by atoms with Gasteiger partial charge in [-0.15, -0.1) is 0 Å². The second kappa shape index (κ2) is 9.94. The number of pyridine rings is 1. The first-order chi connectivity index (χ1) is 14.1. The summed E-state index contributed by atoms with van der Waals surface area (Å²) in [5.41, 5.74) is 2.25. The molecular weight excluding hydrogens is 423 g/mol. The highest BCUT2D eigenvalue weighted by atomic mass is 19.4. The Morgan fingerprint density at radius 3 is 2.13 bits per heavy atom. The van der Waals surface area contributed by atoms with Crippen LogP contribution in [-0.4, -0.2) is 55.1 Å². The van der Waals surface area contributed by atoms with Crippen LogP contribution >= 0.6 is 0 Å². The van der Waals surface area contributed by atoms with Crippen molar-refractivity contribution in [2.75, 3.05) is 19.5 Å². The van der Waals surface area contributed by atoms with Gasteiger partial charge in [0, 0.05) is 6.20 Å². The minimum absolute atomic E-state index is 0.00417. The first-order valence-corrected chi connectivity index (χ1v) is 9.08. The summed E-state index contributed by atoms with van der Waals surface area (Å²) in [6.07, 6.45) is -6.09. The molecule has 0 aromatic carbocycles. The summed E-state index contributed by atoms with van der Waals surface area (Å²) >= 11 is 0. The smallest absolute Gasteiger partial charge is 0.413 e. The van der Waals surface area contributed by atoms with Gasteiger partial charge in [-0.2, -0.15) is 13.2 Å². The maximum absolute atomic E-state index is 13.1. The van der Waals surface area contributed by atoms with Crippen LogP contribution in [0.2, 0.25) is 0 Å². The molecule has 0 aliphatic rings. The number of ether oxygens (including phenoxy) is 3. The highest BCUT2D eigenvalue weighted by Gasteiger charge is 2.53. The average Bonchev–Trinajstić information content (AvgIpc) is 2.63. The summed E-state index contributed by atoms with van der Waals surface area (Å²) < 4.78 is 53.6. The van der Waals surface area contributed by atoms with Gasteiger partial charge < -0.3 is 19.9 Å². The van der Waals surface area contributed by atoms with Gasteiger partial charge in [0.25, 0.3) is 0 Å². The highest BCUT2D eigenvalue weighted by Crippen LogP contribution is 2.36. The fraction of sp³-hybridized carbons (Fsp3) is 0.579. The lowest BCUT2D eigenvalue weighted by Gasteiger charge is -2.31. The molecule has 12 heteroatoms. The van der Waals surface area contributed by atoms with Crippen LogP contribution in [0, 0.1) is 5.41 Å². The molecule has 1 atom stereocenters. The van der Waals surface area contributed by atoms with E-state index in [2.05, 4.69) is 19.8 Å². The van der Waals surface area contributed by atoms with E-state index in [1.807, 2.05) is 0 Å². The quantitative estimate of drug-likeness (QED) is 0.369. The van der Waals surface area contributed by atoms with Gasteiger partial charge in [0.2, 0.25) is 0 Å². The van der Waals surface area contributed by atoms with Crippen molar-refractivity contribution in [2.24, 2.45) is 11.1 Å². The molecule has 9 nitrogen and oxygen atoms in total. The minimum Gasteiger partial charge on any atom is -0.468 e. The zero-order valence-corrected chi connectivity index (χ0v) is 17.8. The number of amides is 1. The molecule has 0 saturated heterocycles. The standard InChI is InChI=1S/C19H26F3N3O6/c1-17(2,3)31-16(28)25-13-8-11(6-7-24-13)9-18(14(26)29-4,15(27)30-5)10-12(23)19(20,21)22/h6-8,12H,9-10,23H2,1-5H3,(H,24,25,28)/t12-/m0/s1. The Labute approximate surface area is 177 Å². The lowest BCUT2D eigenvalue weighted by Crippen LogP contribution is -2.51. The molecule has 31 heavy (non-hydrogen) atoms. The molecular formula is C19H26F3N3O6. The maximum atomic E-state index is 13.1. The van der Waals surface area contributed by atoms with Crippen molar-refractivity contribution >= 4 is 23.8 Å². The van der Waals surface area contributed by atoms with Crippen molar-refractivity contribution in [1.29, 1.82) is 0 Å². The summed E-state index contributed by atoms with van der Waals surface area (Å²) in [4.78, 5) is 40.8. The summed E-state index contributed by atoms with van der Waals surface area (Å²) in [7, 11) is 1.86. The Balaban J connectivity index is 3.29. The second-order valence-electron chi connectivity index (χ2n) is 7.77. The lowest BCUT2D eigenvalue weighted by molar-refractivity contribution is -0.179. The number of hydrogen-bond donors (Lipinski definition) is 2. The first-order valence-electron chi connectivity index (χ1n) is 9.08. The van der Waals surface area contributed by atoms with E-state index in [-0.39, 0.29) is 11.4 Å². The van der Waals surface area contributed by atoms with Gasteiger partial charge in [-0.25, -0.2) is 9.78 Å². The number of aromatic nitrogens is 1. The normalized spacial score (nSPS) is 13.2. The largest absolute Gasteiger partial charge is 0.468 e. The SMILES string of the molecule is COC(=O)C(Cc1ccnc(NC(=O)OC(C)(C)C)c1)(C[C@H](N)C(F)(F)F)C(=O)OC. The Morgan fingerprint density at radius 2 is 1.68 bits per heavy atom. The van der Waals surface area contributed by atoms with Crippen LogP contribution in [0.5, 0.6) is 0 Å². The van der Waals surface area contributed by atoms with Crippen molar-refractivity contribution in [3.63, 3.8) is 0 Å². The molecule has 1 heterocycles. The van der Waals surface area contributed by atoms with Gasteiger partial charge in [-0.3, -0.25) is 14.9 Å². The molecule has 0 unspecified atom stereocenters. The molecule has 174 valence electrons. The molecule has 0 aliphatic carbocycles. The van der Waals surface area contributed by atoms with Crippen LogP contribution < -0.4 is 11.1 Å². The van der Waals surface area contributed by atoms with Gasteiger partial charge in [-0.05, 0) is 51.3 Å². The van der Waals surface area contributed by atoms with Crippen molar-refractivity contribution in [2.45, 2.75) is 51.4 Å². The molecule has 1 aromatic rings. The molecule has 0 spiro atoms. The van der Waals surface area contributed by atoms with E-state index in [0.29, 0.717) is 0 Å². The summed E-state index contributed by atoms with van der Waals surface area (Å²) in [5.74, 6) is -2.48. The molecule has 0 saturated carbocycles. The van der Waals surface area contributed by atoms with E-state index in [1.54, 1.807) is 20.8 Å². The van der Waals surface area contributed by atoms with Crippen molar-refractivity contribution in [3.05, 3.63) is 23.9 Å². The Hall–Kier alpha value is -2.89. The molecule has 3 N–H and O–H groups in total. The number of nitrogens with one attached hydrogen (secondary N) is 1. The third-order valence-electron chi connectivity index (χ3n) is 4.10. The third kappa shape index (κ3) is 7.39. The number of carbonyl (C=O) groups excluding carboxylic acids is 3. The zero-order valence-electron chi connectivity index (χ0n) is 17.8. The summed E-state index contributed by atoms with van der Waals surface area (Å²) in [5, 5.41) is 2.37. The Kier molecular flexibility index (Phi) is 8.39. The van der Waals surface area contributed by atoms with Crippen LogP contribution in [-0.2, 0) is 30.2 Å². The fourth-order valence-corrected chi connectivity index (χ4v) is 2.76. The molecule has 0 radical (unpaired) electrons. The van der Waals surface area contributed by atoms with Crippen LogP contribution in [0.3, 0.4) is 0 Å². The van der Waals surface area contributed by atoms with E-state index in [1.165, 1.54) is 18.3 Å². The van der Waals surface area contributed by atoms with E-state index in [9.17, 15) is 27.6 Å². The van der Waals surface area contributed by atoms with Gasteiger partial charge in [0.05, 0.1) is 14.2 Å². The number of halogens is 3. The second-order valence-corrected chi connectivity index (χ2v) is 7.77. The molecule has 1 amide bonds. The Morgan fingerprint density at radius 1 is 1.13 bits per heavy atom. The van der Waals surface area contributed by atoms with E-state index in [4.69, 9.17) is 10.5 Å². The summed E-state index contributed by atoms with van der Waals surface area (Å²) in [6, 6.07) is 0.149. The number of rotatable bonds is 7. The van der Waals surface area contributed by atoms with Gasteiger partial charge in [-0.1, -0.05) is 0 Å². The van der Waals surface area contributed by atoms with Gasteiger partial charge in [0.15, 0.2) is 5.41 Å². The van der Waals surface area contributed by atoms with Crippen LogP contribution in [0.25, 0.3) is 0 Å². The number of carbonyl (C=O) groups is 3. The van der Waals surface area contributed by atoms with Gasteiger partial charge in [0.1, 0.15) is 17.5 Å². The number of hydrogen-bond acceptors (Lipinski definition) is 8. The van der Waals surface area contributed by atoms with Crippen molar-refractivity contribution < 1.29 is 41.8 Å². The van der Waals surface area contributed by atoms with E-state index in [0.717, 1.165) is 14.2 Å². The monoisotopic (exact) mass is 449 g/mol. The molecule has 1 aromatic heterocycles.